The largest absolute Gasteiger partial charge is 0.492 e. The third-order valence-corrected chi connectivity index (χ3v) is 3.53. The number of likely N-dealkylation sites (N-methyl/N-ethyl adjacent to an activating group) is 1. The van der Waals surface area contributed by atoms with Crippen LogP contribution in [-0.2, 0) is 4.79 Å². The van der Waals surface area contributed by atoms with Crippen molar-refractivity contribution in [2.24, 2.45) is 0 Å². The third kappa shape index (κ3) is 6.27. The number of nitrogens with zero attached hydrogens (tertiary/aromatic N) is 1. The highest BCUT2D eigenvalue weighted by molar-refractivity contribution is 5.97. The molecular weight excluding hydrogens is 318 g/mol. The molecule has 0 aliphatic carbocycles. The summed E-state index contributed by atoms with van der Waals surface area (Å²) < 4.78 is 5.61. The van der Waals surface area contributed by atoms with Gasteiger partial charge in [-0.15, -0.1) is 0 Å². The molecule has 2 aromatic rings. The molecule has 0 atom stereocenters. The number of hydrogen-bond acceptors (Lipinski definition) is 4. The van der Waals surface area contributed by atoms with Crippen molar-refractivity contribution in [1.29, 1.82) is 0 Å². The Kier molecular flexibility index (Phi) is 6.98. The first-order valence-electron chi connectivity index (χ1n) is 8.07. The van der Waals surface area contributed by atoms with Gasteiger partial charge in [-0.05, 0) is 37.4 Å². The molecule has 2 amide bonds. The Labute approximate surface area is 147 Å². The van der Waals surface area contributed by atoms with Gasteiger partial charge < -0.3 is 15.4 Å². The van der Waals surface area contributed by atoms with Gasteiger partial charge in [-0.3, -0.25) is 14.5 Å². The molecule has 0 aromatic heterocycles. The number of nitrogens with one attached hydrogen (secondary N) is 2. The van der Waals surface area contributed by atoms with Crippen molar-refractivity contribution < 1.29 is 14.3 Å². The Morgan fingerprint density at radius 2 is 1.84 bits per heavy atom. The maximum Gasteiger partial charge on any atom is 0.251 e. The lowest BCUT2D eigenvalue weighted by molar-refractivity contribution is -0.117. The summed E-state index contributed by atoms with van der Waals surface area (Å²) in [6, 6.07) is 16.4. The van der Waals surface area contributed by atoms with Gasteiger partial charge in [-0.1, -0.05) is 24.3 Å². The van der Waals surface area contributed by atoms with E-state index in [9.17, 15) is 9.59 Å². The number of ether oxygens (including phenoxy) is 1. The zero-order valence-electron chi connectivity index (χ0n) is 14.5. The number of para-hydroxylation sites is 1. The SMILES string of the molecule is CNC(=O)c1cccc(NC(=O)CN(C)CCOc2ccccc2)c1. The van der Waals surface area contributed by atoms with Gasteiger partial charge in [0.15, 0.2) is 0 Å². The van der Waals surface area contributed by atoms with Crippen LogP contribution in [-0.4, -0.2) is 50.5 Å². The van der Waals surface area contributed by atoms with E-state index >= 15 is 0 Å². The first-order chi connectivity index (χ1) is 12.1. The lowest BCUT2D eigenvalue weighted by atomic mass is 10.2. The van der Waals surface area contributed by atoms with Gasteiger partial charge in [0.05, 0.1) is 6.54 Å². The number of anilines is 1. The molecule has 0 heterocycles. The second-order valence-electron chi connectivity index (χ2n) is 5.61. The highest BCUT2D eigenvalue weighted by Crippen LogP contribution is 2.11. The lowest BCUT2D eigenvalue weighted by Crippen LogP contribution is -2.33. The standard InChI is InChI=1S/C19H23N3O3/c1-20-19(24)15-7-6-8-16(13-15)21-18(23)14-22(2)11-12-25-17-9-4-3-5-10-17/h3-10,13H,11-12,14H2,1-2H3,(H,20,24)(H,21,23). The number of amides is 2. The quantitative estimate of drug-likeness (QED) is 0.770. The lowest BCUT2D eigenvalue weighted by Gasteiger charge is -2.16. The summed E-state index contributed by atoms with van der Waals surface area (Å²) in [5.74, 6) is 0.480. The number of benzene rings is 2. The Bertz CT molecular complexity index is 704. The van der Waals surface area contributed by atoms with Crippen LogP contribution >= 0.6 is 0 Å². The minimum absolute atomic E-state index is 0.142. The molecule has 0 spiro atoms. The van der Waals surface area contributed by atoms with Crippen LogP contribution in [0.5, 0.6) is 5.75 Å². The van der Waals surface area contributed by atoms with Crippen molar-refractivity contribution in [2.75, 3.05) is 39.1 Å². The van der Waals surface area contributed by atoms with Crippen LogP contribution in [0, 0.1) is 0 Å². The fraction of sp³-hybridized carbons (Fsp3) is 0.263. The topological polar surface area (TPSA) is 70.7 Å². The summed E-state index contributed by atoms with van der Waals surface area (Å²) >= 11 is 0. The van der Waals surface area contributed by atoms with Crippen LogP contribution in [0.25, 0.3) is 0 Å². The minimum atomic E-state index is -0.189. The Balaban J connectivity index is 1.76. The highest BCUT2D eigenvalue weighted by atomic mass is 16.5. The number of rotatable bonds is 8. The first kappa shape index (κ1) is 18.5. The predicted molar refractivity (Wildman–Crippen MR) is 97.9 cm³/mol. The summed E-state index contributed by atoms with van der Waals surface area (Å²) in [5.41, 5.74) is 1.10. The molecule has 0 bridgehead atoms. The fourth-order valence-corrected chi connectivity index (χ4v) is 2.24. The molecule has 132 valence electrons. The average Bonchev–Trinajstić information content (AvgIpc) is 2.62. The molecule has 0 saturated carbocycles. The van der Waals surface area contributed by atoms with Crippen LogP contribution in [0.15, 0.2) is 54.6 Å². The Morgan fingerprint density at radius 3 is 2.56 bits per heavy atom. The fourth-order valence-electron chi connectivity index (χ4n) is 2.24. The van der Waals surface area contributed by atoms with Crippen LogP contribution < -0.4 is 15.4 Å². The maximum absolute atomic E-state index is 12.1. The molecular formula is C19H23N3O3. The van der Waals surface area contributed by atoms with Gasteiger partial charge in [-0.25, -0.2) is 0 Å². The Hall–Kier alpha value is -2.86. The summed E-state index contributed by atoms with van der Waals surface area (Å²) in [4.78, 5) is 25.6. The monoisotopic (exact) mass is 341 g/mol. The van der Waals surface area contributed by atoms with Gasteiger partial charge >= 0.3 is 0 Å². The number of carbonyl (C=O) groups excluding carboxylic acids is 2. The molecule has 0 unspecified atom stereocenters. The van der Waals surface area contributed by atoms with Crippen LogP contribution in [0.4, 0.5) is 5.69 Å². The number of carbonyl (C=O) groups is 2. The van der Waals surface area contributed by atoms with Crippen LogP contribution in [0.2, 0.25) is 0 Å². The van der Waals surface area contributed by atoms with Gasteiger partial charge in [-0.2, -0.15) is 0 Å². The second-order valence-corrected chi connectivity index (χ2v) is 5.61. The summed E-state index contributed by atoms with van der Waals surface area (Å²) in [6.07, 6.45) is 0. The van der Waals surface area contributed by atoms with E-state index in [0.717, 1.165) is 5.75 Å². The van der Waals surface area contributed by atoms with E-state index in [-0.39, 0.29) is 18.4 Å². The normalized spacial score (nSPS) is 10.4. The van der Waals surface area contributed by atoms with E-state index in [1.54, 1.807) is 31.3 Å². The Morgan fingerprint density at radius 1 is 1.08 bits per heavy atom. The van der Waals surface area contributed by atoms with E-state index in [0.29, 0.717) is 24.4 Å². The molecule has 2 N–H and O–H groups in total. The van der Waals surface area contributed by atoms with E-state index in [2.05, 4.69) is 10.6 Å². The van der Waals surface area contributed by atoms with Crippen molar-refractivity contribution >= 4 is 17.5 Å². The van der Waals surface area contributed by atoms with E-state index in [1.165, 1.54) is 0 Å². The molecule has 6 heteroatoms. The van der Waals surface area contributed by atoms with E-state index in [1.807, 2.05) is 42.3 Å². The summed E-state index contributed by atoms with van der Waals surface area (Å²) in [6.45, 7) is 1.36. The third-order valence-electron chi connectivity index (χ3n) is 3.53. The van der Waals surface area contributed by atoms with Gasteiger partial charge in [0.2, 0.25) is 5.91 Å². The van der Waals surface area contributed by atoms with Gasteiger partial charge in [0.1, 0.15) is 12.4 Å². The second kappa shape index (κ2) is 9.44. The molecule has 0 saturated heterocycles. The molecule has 25 heavy (non-hydrogen) atoms. The summed E-state index contributed by atoms with van der Waals surface area (Å²) in [5, 5.41) is 5.36. The average molecular weight is 341 g/mol. The van der Waals surface area contributed by atoms with Gasteiger partial charge in [0, 0.05) is 24.8 Å². The predicted octanol–water partition coefficient (Wildman–Crippen LogP) is 2.00. The summed E-state index contributed by atoms with van der Waals surface area (Å²) in [7, 11) is 3.43. The smallest absolute Gasteiger partial charge is 0.251 e. The minimum Gasteiger partial charge on any atom is -0.492 e. The van der Waals surface area contributed by atoms with Crippen LogP contribution in [0.1, 0.15) is 10.4 Å². The van der Waals surface area contributed by atoms with Crippen molar-refractivity contribution in [3.8, 4) is 5.75 Å². The molecule has 6 nitrogen and oxygen atoms in total. The van der Waals surface area contributed by atoms with Gasteiger partial charge in [0.25, 0.3) is 5.91 Å². The first-order valence-corrected chi connectivity index (χ1v) is 8.07. The van der Waals surface area contributed by atoms with E-state index in [4.69, 9.17) is 4.74 Å². The molecule has 2 aromatic carbocycles. The van der Waals surface area contributed by atoms with Crippen molar-refractivity contribution in [2.45, 2.75) is 0 Å². The molecule has 0 radical (unpaired) electrons. The van der Waals surface area contributed by atoms with Crippen molar-refractivity contribution in [3.05, 3.63) is 60.2 Å². The number of hydrogen-bond donors (Lipinski definition) is 2. The van der Waals surface area contributed by atoms with Crippen molar-refractivity contribution in [3.63, 3.8) is 0 Å². The zero-order valence-corrected chi connectivity index (χ0v) is 14.5. The molecule has 0 aliphatic heterocycles. The van der Waals surface area contributed by atoms with Crippen molar-refractivity contribution in [1.82, 2.24) is 10.2 Å². The zero-order chi connectivity index (χ0) is 18.1. The van der Waals surface area contributed by atoms with E-state index < -0.39 is 0 Å². The molecule has 0 fully saturated rings. The maximum atomic E-state index is 12.1. The molecule has 0 aliphatic rings. The highest BCUT2D eigenvalue weighted by Gasteiger charge is 2.09. The molecule has 2 rings (SSSR count). The van der Waals surface area contributed by atoms with Crippen LogP contribution in [0.3, 0.4) is 0 Å².